The number of fused-ring (bicyclic) bond motifs is 2. The first-order valence-electron chi connectivity index (χ1n) is 9.06. The Hall–Kier alpha value is -1.36. The molecule has 23 heavy (non-hydrogen) atoms. The molecule has 128 valence electrons. The average Bonchev–Trinajstić information content (AvgIpc) is 3.23. The van der Waals surface area contributed by atoms with E-state index in [9.17, 15) is 9.90 Å². The van der Waals surface area contributed by atoms with Gasteiger partial charge < -0.3 is 10.4 Å². The Kier molecular flexibility index (Phi) is 4.76. The zero-order valence-corrected chi connectivity index (χ0v) is 14.5. The molecule has 0 radical (unpaired) electrons. The first kappa shape index (κ1) is 16.5. The molecule has 0 aliphatic heterocycles. The van der Waals surface area contributed by atoms with Crippen molar-refractivity contribution in [2.45, 2.75) is 65.0 Å². The van der Waals surface area contributed by atoms with E-state index in [-0.39, 0.29) is 30.5 Å². The summed E-state index contributed by atoms with van der Waals surface area (Å²) in [6.07, 6.45) is 5.46. The Labute approximate surface area is 138 Å². The topological polar surface area (TPSA) is 67.2 Å². The van der Waals surface area contributed by atoms with Crippen LogP contribution in [0.3, 0.4) is 0 Å². The van der Waals surface area contributed by atoms with E-state index in [2.05, 4.69) is 24.3 Å². The Morgan fingerprint density at radius 2 is 2.09 bits per heavy atom. The zero-order valence-electron chi connectivity index (χ0n) is 14.5. The molecule has 2 aliphatic carbocycles. The number of rotatable bonds is 6. The van der Waals surface area contributed by atoms with Gasteiger partial charge >= 0.3 is 0 Å². The highest BCUT2D eigenvalue weighted by Gasteiger charge is 2.47. The summed E-state index contributed by atoms with van der Waals surface area (Å²) in [5.74, 6) is 1.31. The fourth-order valence-corrected chi connectivity index (χ4v) is 4.72. The van der Waals surface area contributed by atoms with Crippen LogP contribution in [0, 0.1) is 24.7 Å². The first-order chi connectivity index (χ1) is 11.1. The molecule has 1 aromatic rings. The van der Waals surface area contributed by atoms with Gasteiger partial charge in [0.05, 0.1) is 11.7 Å². The lowest BCUT2D eigenvalue weighted by Gasteiger charge is -2.30. The van der Waals surface area contributed by atoms with Gasteiger partial charge in [0.2, 0.25) is 0 Å². The van der Waals surface area contributed by atoms with Crippen LogP contribution in [-0.4, -0.2) is 33.4 Å². The molecule has 4 atom stereocenters. The van der Waals surface area contributed by atoms with Crippen LogP contribution in [-0.2, 0) is 0 Å². The fraction of sp³-hybridized carbons (Fsp3) is 0.778. The molecule has 2 aliphatic rings. The fourth-order valence-electron chi connectivity index (χ4n) is 4.72. The van der Waals surface area contributed by atoms with Crippen LogP contribution in [0.4, 0.5) is 0 Å². The number of amides is 1. The standard InChI is InChI=1S/C18H29N3O2/c1-4-14(5-2)21-16(8-11(3)20-21)18(23)19-17-13-7-6-12(9-13)15(17)10-22/h8,12-15,17,22H,4-7,9-10H2,1-3H3,(H,19,23). The van der Waals surface area contributed by atoms with Gasteiger partial charge in [-0.2, -0.15) is 5.10 Å². The third-order valence-electron chi connectivity index (χ3n) is 5.98. The van der Waals surface area contributed by atoms with Gasteiger partial charge in [0.25, 0.3) is 5.91 Å². The quantitative estimate of drug-likeness (QED) is 0.847. The van der Waals surface area contributed by atoms with Crippen molar-refractivity contribution in [3.05, 3.63) is 17.5 Å². The van der Waals surface area contributed by atoms with E-state index in [0.29, 0.717) is 17.5 Å². The summed E-state index contributed by atoms with van der Waals surface area (Å²) >= 11 is 0. The molecule has 2 bridgehead atoms. The summed E-state index contributed by atoms with van der Waals surface area (Å²) in [5.41, 5.74) is 1.55. The summed E-state index contributed by atoms with van der Waals surface area (Å²) in [6.45, 7) is 6.37. The monoisotopic (exact) mass is 319 g/mol. The van der Waals surface area contributed by atoms with Gasteiger partial charge in [0.1, 0.15) is 5.69 Å². The van der Waals surface area contributed by atoms with E-state index in [4.69, 9.17) is 0 Å². The van der Waals surface area contributed by atoms with Crippen molar-refractivity contribution in [1.29, 1.82) is 0 Å². The van der Waals surface area contributed by atoms with Crippen molar-refractivity contribution in [1.82, 2.24) is 15.1 Å². The van der Waals surface area contributed by atoms with E-state index >= 15 is 0 Å². The molecular weight excluding hydrogens is 290 g/mol. The van der Waals surface area contributed by atoms with Crippen molar-refractivity contribution in [2.75, 3.05) is 6.61 Å². The molecule has 2 fully saturated rings. The smallest absolute Gasteiger partial charge is 0.269 e. The van der Waals surface area contributed by atoms with Crippen LogP contribution in [0.15, 0.2) is 6.07 Å². The number of hydrogen-bond acceptors (Lipinski definition) is 3. The Bertz CT molecular complexity index is 565. The highest BCUT2D eigenvalue weighted by molar-refractivity contribution is 5.93. The van der Waals surface area contributed by atoms with Gasteiger partial charge in [-0.25, -0.2) is 0 Å². The van der Waals surface area contributed by atoms with Gasteiger partial charge in [0, 0.05) is 18.6 Å². The number of aryl methyl sites for hydroxylation is 1. The van der Waals surface area contributed by atoms with Gasteiger partial charge in [-0.15, -0.1) is 0 Å². The molecular formula is C18H29N3O2. The third-order valence-corrected chi connectivity index (χ3v) is 5.98. The van der Waals surface area contributed by atoms with Crippen LogP contribution in [0.1, 0.15) is 68.2 Å². The second-order valence-electron chi connectivity index (χ2n) is 7.26. The van der Waals surface area contributed by atoms with E-state index in [1.54, 1.807) is 0 Å². The second-order valence-corrected chi connectivity index (χ2v) is 7.26. The SMILES string of the molecule is CCC(CC)n1nc(C)cc1C(=O)NC1C2CCC(C2)C1CO. The highest BCUT2D eigenvalue weighted by Crippen LogP contribution is 2.48. The predicted octanol–water partition coefficient (Wildman–Crippen LogP) is 2.69. The molecule has 4 unspecified atom stereocenters. The maximum absolute atomic E-state index is 12.9. The van der Waals surface area contributed by atoms with Crippen LogP contribution in [0.5, 0.6) is 0 Å². The lowest BCUT2D eigenvalue weighted by atomic mass is 9.85. The maximum atomic E-state index is 12.9. The lowest BCUT2D eigenvalue weighted by Crippen LogP contribution is -2.45. The predicted molar refractivity (Wildman–Crippen MR) is 89.2 cm³/mol. The van der Waals surface area contributed by atoms with Crippen LogP contribution < -0.4 is 5.32 Å². The molecule has 3 rings (SSSR count). The lowest BCUT2D eigenvalue weighted by molar-refractivity contribution is 0.0848. The minimum Gasteiger partial charge on any atom is -0.396 e. The zero-order chi connectivity index (χ0) is 16.6. The molecule has 2 N–H and O–H groups in total. The molecule has 0 spiro atoms. The van der Waals surface area contributed by atoms with E-state index < -0.39 is 0 Å². The molecule has 1 heterocycles. The van der Waals surface area contributed by atoms with Gasteiger partial charge in [-0.1, -0.05) is 13.8 Å². The van der Waals surface area contributed by atoms with Gasteiger partial charge in [0.15, 0.2) is 0 Å². The first-order valence-corrected chi connectivity index (χ1v) is 9.06. The Morgan fingerprint density at radius 3 is 2.74 bits per heavy atom. The highest BCUT2D eigenvalue weighted by atomic mass is 16.3. The Balaban J connectivity index is 1.79. The molecule has 5 heteroatoms. The number of nitrogens with zero attached hydrogens (tertiary/aromatic N) is 2. The third kappa shape index (κ3) is 2.91. The summed E-state index contributed by atoms with van der Waals surface area (Å²) in [5, 5.41) is 17.5. The largest absolute Gasteiger partial charge is 0.396 e. The van der Waals surface area contributed by atoms with Crippen LogP contribution in [0.25, 0.3) is 0 Å². The Morgan fingerprint density at radius 1 is 1.39 bits per heavy atom. The number of aliphatic hydroxyl groups excluding tert-OH is 1. The van der Waals surface area contributed by atoms with Crippen LogP contribution in [0.2, 0.25) is 0 Å². The van der Waals surface area contributed by atoms with Crippen molar-refractivity contribution in [3.8, 4) is 0 Å². The minimum absolute atomic E-state index is 0.0338. The molecule has 1 aromatic heterocycles. The summed E-state index contributed by atoms with van der Waals surface area (Å²) in [4.78, 5) is 12.9. The normalized spacial score (nSPS) is 29.4. The second kappa shape index (κ2) is 6.63. The van der Waals surface area contributed by atoms with Crippen LogP contribution >= 0.6 is 0 Å². The summed E-state index contributed by atoms with van der Waals surface area (Å²) in [6, 6.07) is 2.27. The molecule has 5 nitrogen and oxygen atoms in total. The van der Waals surface area contributed by atoms with E-state index in [1.807, 2.05) is 17.7 Å². The maximum Gasteiger partial charge on any atom is 0.269 e. The summed E-state index contributed by atoms with van der Waals surface area (Å²) < 4.78 is 1.89. The van der Waals surface area contributed by atoms with Crippen molar-refractivity contribution >= 4 is 5.91 Å². The number of hydrogen-bond donors (Lipinski definition) is 2. The van der Waals surface area contributed by atoms with E-state index in [0.717, 1.165) is 25.0 Å². The van der Waals surface area contributed by atoms with Gasteiger partial charge in [-0.05, 0) is 56.9 Å². The number of nitrogens with one attached hydrogen (secondary N) is 1. The van der Waals surface area contributed by atoms with Crippen molar-refractivity contribution in [2.24, 2.45) is 17.8 Å². The average molecular weight is 319 g/mol. The number of carbonyl (C=O) groups excluding carboxylic acids is 1. The summed E-state index contributed by atoms with van der Waals surface area (Å²) in [7, 11) is 0. The van der Waals surface area contributed by atoms with E-state index in [1.165, 1.54) is 12.8 Å². The van der Waals surface area contributed by atoms with Gasteiger partial charge in [-0.3, -0.25) is 9.48 Å². The van der Waals surface area contributed by atoms with Crippen molar-refractivity contribution in [3.63, 3.8) is 0 Å². The number of aliphatic hydroxyl groups is 1. The molecule has 1 amide bonds. The number of carbonyl (C=O) groups is 1. The molecule has 2 saturated carbocycles. The molecule has 0 saturated heterocycles. The molecule has 0 aromatic carbocycles. The minimum atomic E-state index is -0.0338. The van der Waals surface area contributed by atoms with Crippen molar-refractivity contribution < 1.29 is 9.90 Å². The number of aromatic nitrogens is 2.